The lowest BCUT2D eigenvalue weighted by molar-refractivity contribution is -0.182. The Morgan fingerprint density at radius 2 is 1.60 bits per heavy atom. The minimum Gasteiger partial charge on any atom is -0.352 e. The van der Waals surface area contributed by atoms with E-state index in [0.717, 1.165) is 19.3 Å². The van der Waals surface area contributed by atoms with Gasteiger partial charge in [0.1, 0.15) is 0 Å². The van der Waals surface area contributed by atoms with Crippen molar-refractivity contribution in [1.82, 2.24) is 5.32 Å². The van der Waals surface area contributed by atoms with E-state index in [9.17, 15) is 18.0 Å². The number of hydrogen-bond acceptors (Lipinski definition) is 2. The zero-order valence-electron chi connectivity index (χ0n) is 11.6. The summed E-state index contributed by atoms with van der Waals surface area (Å²) >= 11 is 0. The Balaban J connectivity index is 1.82. The van der Waals surface area contributed by atoms with E-state index in [-0.39, 0.29) is 24.8 Å². The Labute approximate surface area is 117 Å². The SMILES string of the molecule is NC1(C(=O)NC2CCC(C(F)(F)F)CC2)CCCCC1. The molecule has 2 fully saturated rings. The van der Waals surface area contributed by atoms with Crippen molar-refractivity contribution < 1.29 is 18.0 Å². The lowest BCUT2D eigenvalue weighted by Gasteiger charge is -2.36. The van der Waals surface area contributed by atoms with E-state index in [1.165, 1.54) is 0 Å². The Hall–Kier alpha value is -0.780. The van der Waals surface area contributed by atoms with Crippen molar-refractivity contribution in [1.29, 1.82) is 0 Å². The number of nitrogens with two attached hydrogens (primary N) is 1. The van der Waals surface area contributed by atoms with Gasteiger partial charge in [-0.1, -0.05) is 19.3 Å². The largest absolute Gasteiger partial charge is 0.391 e. The van der Waals surface area contributed by atoms with Gasteiger partial charge in [-0.05, 0) is 38.5 Å². The Morgan fingerprint density at radius 1 is 1.05 bits per heavy atom. The first-order valence-corrected chi connectivity index (χ1v) is 7.48. The molecule has 0 aliphatic heterocycles. The van der Waals surface area contributed by atoms with E-state index in [0.29, 0.717) is 25.7 Å². The molecule has 116 valence electrons. The van der Waals surface area contributed by atoms with Gasteiger partial charge < -0.3 is 11.1 Å². The molecule has 0 aromatic carbocycles. The minimum absolute atomic E-state index is 0.103. The second kappa shape index (κ2) is 5.92. The number of carbonyl (C=O) groups excluding carboxylic acids is 1. The van der Waals surface area contributed by atoms with E-state index in [4.69, 9.17) is 5.73 Å². The van der Waals surface area contributed by atoms with Gasteiger partial charge in [0.15, 0.2) is 0 Å². The molecular weight excluding hydrogens is 269 g/mol. The maximum atomic E-state index is 12.6. The first kappa shape index (κ1) is 15.6. The van der Waals surface area contributed by atoms with Crippen LogP contribution in [0.5, 0.6) is 0 Å². The molecule has 3 N–H and O–H groups in total. The summed E-state index contributed by atoms with van der Waals surface area (Å²) in [5.41, 5.74) is 5.32. The maximum absolute atomic E-state index is 12.6. The first-order chi connectivity index (χ1) is 9.31. The van der Waals surface area contributed by atoms with Crippen molar-refractivity contribution in [2.24, 2.45) is 11.7 Å². The summed E-state index contributed by atoms with van der Waals surface area (Å²) in [5.74, 6) is -1.38. The molecule has 0 bridgehead atoms. The van der Waals surface area contributed by atoms with Crippen LogP contribution in [0.2, 0.25) is 0 Å². The molecule has 1 amide bonds. The van der Waals surface area contributed by atoms with E-state index in [1.54, 1.807) is 0 Å². The van der Waals surface area contributed by atoms with Crippen LogP contribution in [-0.2, 0) is 4.79 Å². The van der Waals surface area contributed by atoms with Gasteiger partial charge >= 0.3 is 6.18 Å². The molecule has 0 spiro atoms. The number of rotatable bonds is 2. The minimum atomic E-state index is -4.10. The number of hydrogen-bond donors (Lipinski definition) is 2. The maximum Gasteiger partial charge on any atom is 0.391 e. The quantitative estimate of drug-likeness (QED) is 0.822. The highest BCUT2D eigenvalue weighted by atomic mass is 19.4. The predicted octanol–water partition coefficient (Wildman–Crippen LogP) is 2.89. The highest BCUT2D eigenvalue weighted by Gasteiger charge is 2.42. The standard InChI is InChI=1S/C14H23F3N2O/c15-14(16,17)10-4-6-11(7-5-10)19-12(20)13(18)8-2-1-3-9-13/h10-11H,1-9,18H2,(H,19,20). The monoisotopic (exact) mass is 292 g/mol. The Kier molecular flexibility index (Phi) is 4.62. The molecule has 2 aliphatic rings. The van der Waals surface area contributed by atoms with Gasteiger partial charge in [0.05, 0.1) is 11.5 Å². The van der Waals surface area contributed by atoms with Crippen LogP contribution in [0.3, 0.4) is 0 Å². The van der Waals surface area contributed by atoms with Gasteiger partial charge in [0.25, 0.3) is 0 Å². The molecule has 2 aliphatic carbocycles. The second-order valence-electron chi connectivity index (χ2n) is 6.28. The molecule has 3 nitrogen and oxygen atoms in total. The van der Waals surface area contributed by atoms with Crippen molar-refractivity contribution >= 4 is 5.91 Å². The molecule has 2 saturated carbocycles. The van der Waals surface area contributed by atoms with E-state index in [2.05, 4.69) is 5.32 Å². The second-order valence-corrected chi connectivity index (χ2v) is 6.28. The van der Waals surface area contributed by atoms with E-state index in [1.807, 2.05) is 0 Å². The van der Waals surface area contributed by atoms with Crippen LogP contribution in [0.4, 0.5) is 13.2 Å². The van der Waals surface area contributed by atoms with Gasteiger partial charge in [-0.3, -0.25) is 4.79 Å². The summed E-state index contributed by atoms with van der Waals surface area (Å²) in [6.07, 6.45) is 1.25. The molecule has 20 heavy (non-hydrogen) atoms. The fourth-order valence-electron chi connectivity index (χ4n) is 3.30. The highest BCUT2D eigenvalue weighted by Crippen LogP contribution is 2.37. The molecule has 2 rings (SSSR count). The third kappa shape index (κ3) is 3.65. The topological polar surface area (TPSA) is 55.1 Å². The van der Waals surface area contributed by atoms with Gasteiger partial charge in [-0.25, -0.2) is 0 Å². The fraction of sp³-hybridized carbons (Fsp3) is 0.929. The molecular formula is C14H23F3N2O. The molecule has 0 atom stereocenters. The van der Waals surface area contributed by atoms with Crippen LogP contribution in [0.15, 0.2) is 0 Å². The molecule has 0 radical (unpaired) electrons. The first-order valence-electron chi connectivity index (χ1n) is 7.48. The summed E-state index contributed by atoms with van der Waals surface area (Å²) in [4.78, 5) is 12.2. The van der Waals surface area contributed by atoms with Gasteiger partial charge in [0, 0.05) is 6.04 Å². The molecule has 0 saturated heterocycles. The van der Waals surface area contributed by atoms with Crippen LogP contribution in [0.1, 0.15) is 57.8 Å². The number of alkyl halides is 3. The zero-order chi connectivity index (χ0) is 14.8. The number of halogens is 3. The van der Waals surface area contributed by atoms with Crippen LogP contribution >= 0.6 is 0 Å². The van der Waals surface area contributed by atoms with Crippen LogP contribution in [0, 0.1) is 5.92 Å². The predicted molar refractivity (Wildman–Crippen MR) is 69.9 cm³/mol. The summed E-state index contributed by atoms with van der Waals surface area (Å²) in [5, 5.41) is 2.87. The van der Waals surface area contributed by atoms with Gasteiger partial charge in [0.2, 0.25) is 5.91 Å². The Morgan fingerprint density at radius 3 is 2.10 bits per heavy atom. The van der Waals surface area contributed by atoms with Crippen molar-refractivity contribution in [3.8, 4) is 0 Å². The molecule has 0 aromatic rings. The summed E-state index contributed by atoms with van der Waals surface area (Å²) in [6.45, 7) is 0. The third-order valence-electron chi connectivity index (χ3n) is 4.72. The number of carbonyl (C=O) groups is 1. The smallest absolute Gasteiger partial charge is 0.352 e. The normalized spacial score (nSPS) is 30.8. The van der Waals surface area contributed by atoms with E-state index >= 15 is 0 Å². The number of nitrogens with one attached hydrogen (secondary N) is 1. The zero-order valence-corrected chi connectivity index (χ0v) is 11.6. The summed E-state index contributed by atoms with van der Waals surface area (Å²) < 4.78 is 37.7. The van der Waals surface area contributed by atoms with Crippen molar-refractivity contribution in [2.75, 3.05) is 0 Å². The lowest BCUT2D eigenvalue weighted by atomic mass is 9.80. The summed E-state index contributed by atoms with van der Waals surface area (Å²) in [7, 11) is 0. The highest BCUT2D eigenvalue weighted by molar-refractivity contribution is 5.86. The van der Waals surface area contributed by atoms with Gasteiger partial charge in [-0.2, -0.15) is 13.2 Å². The van der Waals surface area contributed by atoms with Crippen LogP contribution in [-0.4, -0.2) is 23.7 Å². The fourth-order valence-corrected chi connectivity index (χ4v) is 3.30. The molecule has 0 unspecified atom stereocenters. The van der Waals surface area contributed by atoms with Gasteiger partial charge in [-0.15, -0.1) is 0 Å². The third-order valence-corrected chi connectivity index (χ3v) is 4.72. The van der Waals surface area contributed by atoms with Crippen molar-refractivity contribution in [3.63, 3.8) is 0 Å². The van der Waals surface area contributed by atoms with Crippen LogP contribution < -0.4 is 11.1 Å². The molecule has 6 heteroatoms. The average molecular weight is 292 g/mol. The van der Waals surface area contributed by atoms with Crippen molar-refractivity contribution in [3.05, 3.63) is 0 Å². The van der Waals surface area contributed by atoms with Crippen molar-refractivity contribution in [2.45, 2.75) is 75.5 Å². The lowest BCUT2D eigenvalue weighted by Crippen LogP contribution is -2.57. The Bertz CT molecular complexity index is 343. The average Bonchev–Trinajstić information content (AvgIpc) is 2.39. The van der Waals surface area contributed by atoms with Crippen LogP contribution in [0.25, 0.3) is 0 Å². The molecule has 0 aromatic heterocycles. The van der Waals surface area contributed by atoms with E-state index < -0.39 is 17.6 Å². The summed E-state index contributed by atoms with van der Waals surface area (Å²) in [6, 6.07) is -0.150. The molecule has 0 heterocycles. The number of amides is 1.